The molecule has 5 rings (SSSR count). The van der Waals surface area contributed by atoms with Crippen molar-refractivity contribution in [2.75, 3.05) is 7.11 Å². The quantitative estimate of drug-likeness (QED) is 0.385. The zero-order valence-corrected chi connectivity index (χ0v) is 19.1. The monoisotopic (exact) mass is 502 g/mol. The van der Waals surface area contributed by atoms with Crippen LogP contribution in [0.25, 0.3) is 0 Å². The number of fused-ring (bicyclic) bond motifs is 3. The van der Waals surface area contributed by atoms with Gasteiger partial charge in [0.05, 0.1) is 23.9 Å². The van der Waals surface area contributed by atoms with Crippen LogP contribution in [0.3, 0.4) is 0 Å². The Morgan fingerprint density at radius 3 is 2.50 bits per heavy atom. The lowest BCUT2D eigenvalue weighted by atomic mass is 9.96. The van der Waals surface area contributed by atoms with Crippen molar-refractivity contribution in [2.45, 2.75) is 18.7 Å². The van der Waals surface area contributed by atoms with Crippen LogP contribution in [0, 0.1) is 0 Å². The number of hydrogen-bond acceptors (Lipinski definition) is 4. The van der Waals surface area contributed by atoms with Gasteiger partial charge < -0.3 is 9.47 Å². The molecule has 3 aromatic rings. The average Bonchev–Trinajstić information content (AvgIpc) is 3.20. The predicted molar refractivity (Wildman–Crippen MR) is 123 cm³/mol. The van der Waals surface area contributed by atoms with Crippen molar-refractivity contribution < 1.29 is 9.47 Å². The minimum atomic E-state index is -0.384. The van der Waals surface area contributed by atoms with Crippen LogP contribution in [-0.2, 0) is 0 Å². The summed E-state index contributed by atoms with van der Waals surface area (Å²) in [5.74, 6) is 1.48. The van der Waals surface area contributed by atoms with Gasteiger partial charge in [-0.05, 0) is 54.1 Å². The van der Waals surface area contributed by atoms with Crippen LogP contribution in [-0.4, -0.2) is 17.8 Å². The molecule has 3 aromatic carbocycles. The number of hydrogen-bond donors (Lipinski definition) is 0. The Kier molecular flexibility index (Phi) is 5.13. The second kappa shape index (κ2) is 7.80. The normalized spacial score (nSPS) is 19.6. The summed E-state index contributed by atoms with van der Waals surface area (Å²) in [5.41, 5.74) is 3.99. The van der Waals surface area contributed by atoms with Crippen molar-refractivity contribution in [3.8, 4) is 11.5 Å². The summed E-state index contributed by atoms with van der Waals surface area (Å²) in [5, 5.41) is 8.07. The minimum absolute atomic E-state index is 0.0179. The fourth-order valence-electron chi connectivity index (χ4n) is 3.92. The molecule has 2 heterocycles. The highest BCUT2D eigenvalue weighted by atomic mass is 79.9. The molecule has 0 spiro atoms. The van der Waals surface area contributed by atoms with E-state index in [1.54, 1.807) is 13.2 Å². The molecule has 0 unspecified atom stereocenters. The molecule has 2 aliphatic rings. The van der Waals surface area contributed by atoms with Crippen LogP contribution in [0.1, 0.15) is 35.4 Å². The van der Waals surface area contributed by atoms with E-state index in [-0.39, 0.29) is 12.3 Å². The van der Waals surface area contributed by atoms with Gasteiger partial charge in [-0.25, -0.2) is 5.01 Å². The third-order valence-corrected chi connectivity index (χ3v) is 6.41. The Morgan fingerprint density at radius 2 is 1.80 bits per heavy atom. The predicted octanol–water partition coefficient (Wildman–Crippen LogP) is 7.01. The maximum Gasteiger partial charge on any atom is 0.213 e. The summed E-state index contributed by atoms with van der Waals surface area (Å²) in [6.45, 7) is 0. The standard InChI is InChI=1S/C23H17BrCl2N2O2/c1-29-17-8-4-13(5-9-17)20-12-21-18-10-16(25)11-19(26)22(18)30-23(28(21)27-20)14-2-6-15(24)7-3-14/h2-11,21,23H,12H2,1H3/t21-,23-/m1/s1. The molecule has 152 valence electrons. The van der Waals surface area contributed by atoms with Gasteiger partial charge >= 0.3 is 0 Å². The second-order valence-corrected chi connectivity index (χ2v) is 8.96. The van der Waals surface area contributed by atoms with Crippen molar-refractivity contribution in [2.24, 2.45) is 5.10 Å². The summed E-state index contributed by atoms with van der Waals surface area (Å²) in [7, 11) is 1.66. The van der Waals surface area contributed by atoms with Gasteiger partial charge in [0.15, 0.2) is 0 Å². The Morgan fingerprint density at radius 1 is 1.07 bits per heavy atom. The lowest BCUT2D eigenvalue weighted by Crippen LogP contribution is -2.33. The van der Waals surface area contributed by atoms with Crippen molar-refractivity contribution in [3.63, 3.8) is 0 Å². The van der Waals surface area contributed by atoms with Crippen LogP contribution >= 0.6 is 39.1 Å². The molecule has 30 heavy (non-hydrogen) atoms. The van der Waals surface area contributed by atoms with E-state index in [0.717, 1.165) is 39.0 Å². The number of halogens is 3. The largest absolute Gasteiger partial charge is 0.497 e. The van der Waals surface area contributed by atoms with Crippen molar-refractivity contribution >= 4 is 44.8 Å². The fourth-order valence-corrected chi connectivity index (χ4v) is 4.74. The molecule has 0 bridgehead atoms. The van der Waals surface area contributed by atoms with E-state index in [2.05, 4.69) is 15.9 Å². The number of methoxy groups -OCH3 is 1. The molecular weight excluding hydrogens is 487 g/mol. The highest BCUT2D eigenvalue weighted by molar-refractivity contribution is 9.10. The first kappa shape index (κ1) is 19.7. The third kappa shape index (κ3) is 3.45. The van der Waals surface area contributed by atoms with E-state index in [1.807, 2.05) is 59.6 Å². The van der Waals surface area contributed by atoms with Gasteiger partial charge in [-0.2, -0.15) is 5.10 Å². The highest BCUT2D eigenvalue weighted by Crippen LogP contribution is 2.50. The number of hydrazone groups is 1. The van der Waals surface area contributed by atoms with Crippen LogP contribution in [0.2, 0.25) is 10.0 Å². The zero-order valence-electron chi connectivity index (χ0n) is 16.0. The Bertz CT molecular complexity index is 1130. The fraction of sp³-hybridized carbons (Fsp3) is 0.174. The summed E-state index contributed by atoms with van der Waals surface area (Å²) >= 11 is 16.3. The minimum Gasteiger partial charge on any atom is -0.497 e. The van der Waals surface area contributed by atoms with E-state index in [0.29, 0.717) is 15.8 Å². The topological polar surface area (TPSA) is 34.1 Å². The molecule has 0 aromatic heterocycles. The van der Waals surface area contributed by atoms with Gasteiger partial charge in [-0.15, -0.1) is 0 Å². The van der Waals surface area contributed by atoms with Gasteiger partial charge in [-0.1, -0.05) is 51.3 Å². The van der Waals surface area contributed by atoms with Crippen molar-refractivity contribution in [3.05, 3.63) is 91.9 Å². The van der Waals surface area contributed by atoms with Crippen LogP contribution < -0.4 is 9.47 Å². The first-order chi connectivity index (χ1) is 14.5. The second-order valence-electron chi connectivity index (χ2n) is 7.20. The molecule has 0 amide bonds. The molecule has 2 atom stereocenters. The Hall–Kier alpha value is -2.21. The van der Waals surface area contributed by atoms with E-state index in [9.17, 15) is 0 Å². The van der Waals surface area contributed by atoms with E-state index in [1.165, 1.54) is 0 Å². The molecule has 0 radical (unpaired) electrons. The Labute approximate surface area is 193 Å². The van der Waals surface area contributed by atoms with Gasteiger partial charge in [0.1, 0.15) is 11.5 Å². The zero-order chi connectivity index (χ0) is 20.8. The summed E-state index contributed by atoms with van der Waals surface area (Å²) < 4.78 is 12.7. The number of ether oxygens (including phenoxy) is 2. The molecule has 0 aliphatic carbocycles. The smallest absolute Gasteiger partial charge is 0.213 e. The lowest BCUT2D eigenvalue weighted by Gasteiger charge is -2.38. The molecule has 7 heteroatoms. The molecule has 0 N–H and O–H groups in total. The molecule has 2 aliphatic heterocycles. The summed E-state index contributed by atoms with van der Waals surface area (Å²) in [6.07, 6.45) is 0.344. The van der Waals surface area contributed by atoms with Gasteiger partial charge in [0.2, 0.25) is 6.23 Å². The van der Waals surface area contributed by atoms with Gasteiger partial charge in [0, 0.05) is 27.0 Å². The summed E-state index contributed by atoms with van der Waals surface area (Å²) in [4.78, 5) is 0. The first-order valence-corrected chi connectivity index (χ1v) is 11.0. The number of rotatable bonds is 3. The van der Waals surface area contributed by atoms with Crippen molar-refractivity contribution in [1.29, 1.82) is 0 Å². The third-order valence-electron chi connectivity index (χ3n) is 5.39. The molecule has 0 fully saturated rings. The van der Waals surface area contributed by atoms with E-state index in [4.69, 9.17) is 37.8 Å². The van der Waals surface area contributed by atoms with Crippen LogP contribution in [0.15, 0.2) is 70.2 Å². The van der Waals surface area contributed by atoms with E-state index < -0.39 is 0 Å². The molecule has 4 nitrogen and oxygen atoms in total. The summed E-state index contributed by atoms with van der Waals surface area (Å²) in [6, 6.07) is 19.6. The van der Waals surface area contributed by atoms with E-state index >= 15 is 0 Å². The number of benzene rings is 3. The Balaban J connectivity index is 1.60. The number of nitrogens with zero attached hydrogens (tertiary/aromatic N) is 2. The van der Waals surface area contributed by atoms with Crippen LogP contribution in [0.5, 0.6) is 11.5 Å². The van der Waals surface area contributed by atoms with Gasteiger partial charge in [0.25, 0.3) is 0 Å². The first-order valence-electron chi connectivity index (χ1n) is 9.45. The maximum atomic E-state index is 6.52. The van der Waals surface area contributed by atoms with Gasteiger partial charge in [-0.3, -0.25) is 0 Å². The molecule has 0 saturated heterocycles. The molecular formula is C23H17BrCl2N2O2. The molecule has 0 saturated carbocycles. The van der Waals surface area contributed by atoms with Crippen molar-refractivity contribution in [1.82, 2.24) is 5.01 Å². The van der Waals surface area contributed by atoms with Crippen LogP contribution in [0.4, 0.5) is 0 Å². The SMILES string of the molecule is COc1ccc(C2=NN3[C@H](C2)c2cc(Cl)cc(Cl)c2O[C@@H]3c2ccc(Br)cc2)cc1. The lowest BCUT2D eigenvalue weighted by molar-refractivity contribution is -0.0189. The average molecular weight is 504 g/mol. The maximum absolute atomic E-state index is 6.52. The highest BCUT2D eigenvalue weighted by Gasteiger charge is 2.42.